The summed E-state index contributed by atoms with van der Waals surface area (Å²) in [6, 6.07) is 12.4. The Balaban J connectivity index is 1.31. The van der Waals surface area contributed by atoms with Crippen LogP contribution in [0.2, 0.25) is 0 Å². The van der Waals surface area contributed by atoms with Gasteiger partial charge in [0.05, 0.1) is 37.0 Å². The van der Waals surface area contributed by atoms with E-state index in [0.29, 0.717) is 29.8 Å². The molecule has 172 valence electrons. The van der Waals surface area contributed by atoms with Gasteiger partial charge in [-0.25, -0.2) is 14.2 Å². The minimum absolute atomic E-state index is 0.164. The molecule has 1 fully saturated rings. The summed E-state index contributed by atoms with van der Waals surface area (Å²) in [5, 5.41) is 2.75. The Morgan fingerprint density at radius 2 is 2.00 bits per heavy atom. The van der Waals surface area contributed by atoms with E-state index in [2.05, 4.69) is 15.3 Å². The van der Waals surface area contributed by atoms with Gasteiger partial charge in [0.25, 0.3) is 0 Å². The van der Waals surface area contributed by atoms with E-state index in [-0.39, 0.29) is 37.0 Å². The van der Waals surface area contributed by atoms with Crippen LogP contribution >= 0.6 is 0 Å². The molecule has 0 unspecified atom stereocenters. The number of methoxy groups -OCH3 is 1. The summed E-state index contributed by atoms with van der Waals surface area (Å²) < 4.78 is 30.5. The van der Waals surface area contributed by atoms with E-state index in [1.807, 2.05) is 30.3 Å². The number of hydrogen-bond donors (Lipinski definition) is 1. The second kappa shape index (κ2) is 10.4. The van der Waals surface area contributed by atoms with Crippen molar-refractivity contribution in [2.75, 3.05) is 13.7 Å². The third kappa shape index (κ3) is 5.61. The number of ether oxygens (including phenoxy) is 3. The molecule has 0 bridgehead atoms. The number of amides is 1. The van der Waals surface area contributed by atoms with E-state index in [4.69, 9.17) is 14.2 Å². The number of nitrogens with zero attached hydrogens (tertiary/aromatic N) is 2. The van der Waals surface area contributed by atoms with Gasteiger partial charge in [0.15, 0.2) is 5.78 Å². The molecule has 8 nitrogen and oxygen atoms in total. The van der Waals surface area contributed by atoms with Crippen LogP contribution in [-0.2, 0) is 27.3 Å². The number of nitrogens with one attached hydrogen (secondary N) is 1. The molecular weight excluding hydrogens is 429 g/mol. The second-order valence-corrected chi connectivity index (χ2v) is 7.75. The maximum atomic E-state index is 14.5. The Hall–Kier alpha value is -3.59. The van der Waals surface area contributed by atoms with Crippen molar-refractivity contribution < 1.29 is 28.2 Å². The Bertz CT molecular complexity index is 1130. The highest BCUT2D eigenvalue weighted by atomic mass is 19.1. The van der Waals surface area contributed by atoms with Gasteiger partial charge in [-0.05, 0) is 24.5 Å². The lowest BCUT2D eigenvalue weighted by Crippen LogP contribution is -2.45. The zero-order chi connectivity index (χ0) is 23.2. The highest BCUT2D eigenvalue weighted by Gasteiger charge is 2.29. The number of hydrogen-bond acceptors (Lipinski definition) is 7. The van der Waals surface area contributed by atoms with Crippen LogP contribution in [0.4, 0.5) is 9.18 Å². The molecule has 1 aliphatic heterocycles. The highest BCUT2D eigenvalue weighted by molar-refractivity contribution is 5.90. The lowest BCUT2D eigenvalue weighted by atomic mass is 9.97. The van der Waals surface area contributed by atoms with Crippen LogP contribution < -0.4 is 10.1 Å². The molecule has 1 saturated heterocycles. The smallest absolute Gasteiger partial charge is 0.407 e. The SMILES string of the molecule is COc1ccc2ncc(F)c(CC(=O)[C@@H]3CC[C@@H](NC(=O)OCc4ccccc4)CO3)c2n1. The number of benzene rings is 1. The number of carbonyl (C=O) groups excluding carboxylic acids is 2. The third-order valence-electron chi connectivity index (χ3n) is 5.47. The Labute approximate surface area is 190 Å². The van der Waals surface area contributed by atoms with Gasteiger partial charge in [0.2, 0.25) is 5.88 Å². The number of aromatic nitrogens is 2. The molecule has 2 aromatic heterocycles. The fraction of sp³-hybridized carbons (Fsp3) is 0.333. The van der Waals surface area contributed by atoms with Crippen molar-refractivity contribution in [3.63, 3.8) is 0 Å². The van der Waals surface area contributed by atoms with Crippen molar-refractivity contribution in [3.05, 3.63) is 65.6 Å². The van der Waals surface area contributed by atoms with Gasteiger partial charge in [-0.2, -0.15) is 0 Å². The van der Waals surface area contributed by atoms with Crippen molar-refractivity contribution in [2.24, 2.45) is 0 Å². The monoisotopic (exact) mass is 453 g/mol. The molecule has 2 atom stereocenters. The maximum Gasteiger partial charge on any atom is 0.407 e. The van der Waals surface area contributed by atoms with Gasteiger partial charge < -0.3 is 19.5 Å². The van der Waals surface area contributed by atoms with Gasteiger partial charge in [0.1, 0.15) is 18.5 Å². The van der Waals surface area contributed by atoms with Crippen molar-refractivity contribution in [2.45, 2.75) is 38.0 Å². The fourth-order valence-electron chi connectivity index (χ4n) is 3.70. The Morgan fingerprint density at radius 3 is 2.73 bits per heavy atom. The largest absolute Gasteiger partial charge is 0.481 e. The molecule has 0 radical (unpaired) electrons. The number of pyridine rings is 2. The van der Waals surface area contributed by atoms with Gasteiger partial charge in [-0.15, -0.1) is 0 Å². The van der Waals surface area contributed by atoms with Crippen LogP contribution in [0.1, 0.15) is 24.0 Å². The lowest BCUT2D eigenvalue weighted by molar-refractivity contribution is -0.133. The molecule has 1 aliphatic rings. The molecule has 1 amide bonds. The van der Waals surface area contributed by atoms with Crippen LogP contribution in [0.3, 0.4) is 0 Å². The number of halogens is 1. The van der Waals surface area contributed by atoms with E-state index >= 15 is 0 Å². The number of ketones is 1. The highest BCUT2D eigenvalue weighted by Crippen LogP contribution is 2.23. The van der Waals surface area contributed by atoms with Gasteiger partial charge in [0, 0.05) is 18.1 Å². The van der Waals surface area contributed by atoms with Crippen LogP contribution in [0.15, 0.2) is 48.7 Å². The van der Waals surface area contributed by atoms with E-state index in [1.165, 1.54) is 7.11 Å². The number of rotatable bonds is 7. The third-order valence-corrected chi connectivity index (χ3v) is 5.47. The molecule has 0 aliphatic carbocycles. The maximum absolute atomic E-state index is 14.5. The predicted molar refractivity (Wildman–Crippen MR) is 117 cm³/mol. The summed E-state index contributed by atoms with van der Waals surface area (Å²) in [5.74, 6) is -0.546. The quantitative estimate of drug-likeness (QED) is 0.586. The fourth-order valence-corrected chi connectivity index (χ4v) is 3.70. The summed E-state index contributed by atoms with van der Waals surface area (Å²) in [6.07, 6.45) is 0.639. The first kappa shape index (κ1) is 22.6. The lowest BCUT2D eigenvalue weighted by Gasteiger charge is -2.28. The number of alkyl carbamates (subject to hydrolysis) is 1. The van der Waals surface area contributed by atoms with E-state index in [1.54, 1.807) is 12.1 Å². The summed E-state index contributed by atoms with van der Waals surface area (Å²) in [6.45, 7) is 0.341. The number of fused-ring (bicyclic) bond motifs is 1. The molecule has 3 aromatic rings. The molecule has 3 heterocycles. The Kier molecular flexibility index (Phi) is 7.09. The molecule has 0 spiro atoms. The van der Waals surface area contributed by atoms with Crippen molar-refractivity contribution in [1.82, 2.24) is 15.3 Å². The van der Waals surface area contributed by atoms with E-state index < -0.39 is 18.0 Å². The number of Topliss-reactive ketones (excluding diaryl/α,β-unsaturated/α-hetero) is 1. The first-order chi connectivity index (χ1) is 16.0. The van der Waals surface area contributed by atoms with Gasteiger partial charge >= 0.3 is 6.09 Å². The summed E-state index contributed by atoms with van der Waals surface area (Å²) in [7, 11) is 1.46. The molecule has 4 rings (SSSR count). The van der Waals surface area contributed by atoms with Crippen molar-refractivity contribution in [3.8, 4) is 5.88 Å². The minimum Gasteiger partial charge on any atom is -0.481 e. The molecule has 9 heteroatoms. The van der Waals surface area contributed by atoms with Crippen LogP contribution in [0, 0.1) is 5.82 Å². The van der Waals surface area contributed by atoms with Gasteiger partial charge in [-0.1, -0.05) is 30.3 Å². The molecule has 1 aromatic carbocycles. The van der Waals surface area contributed by atoms with Gasteiger partial charge in [-0.3, -0.25) is 9.78 Å². The zero-order valence-corrected chi connectivity index (χ0v) is 18.1. The average molecular weight is 453 g/mol. The van der Waals surface area contributed by atoms with Crippen LogP contribution in [0.25, 0.3) is 11.0 Å². The van der Waals surface area contributed by atoms with Crippen molar-refractivity contribution in [1.29, 1.82) is 0 Å². The van der Waals surface area contributed by atoms with E-state index in [0.717, 1.165) is 11.8 Å². The minimum atomic E-state index is -0.684. The summed E-state index contributed by atoms with van der Waals surface area (Å²) in [4.78, 5) is 33.1. The summed E-state index contributed by atoms with van der Waals surface area (Å²) >= 11 is 0. The van der Waals surface area contributed by atoms with Crippen LogP contribution in [0.5, 0.6) is 5.88 Å². The van der Waals surface area contributed by atoms with E-state index in [9.17, 15) is 14.0 Å². The first-order valence-corrected chi connectivity index (χ1v) is 10.6. The average Bonchev–Trinajstić information content (AvgIpc) is 2.85. The number of carbonyl (C=O) groups is 2. The van der Waals surface area contributed by atoms with Crippen molar-refractivity contribution >= 4 is 22.9 Å². The summed E-state index contributed by atoms with van der Waals surface area (Å²) in [5.41, 5.74) is 1.82. The molecule has 33 heavy (non-hydrogen) atoms. The Morgan fingerprint density at radius 1 is 1.18 bits per heavy atom. The molecule has 1 N–H and O–H groups in total. The first-order valence-electron chi connectivity index (χ1n) is 10.6. The molecular formula is C24H24FN3O5. The zero-order valence-electron chi connectivity index (χ0n) is 18.1. The topological polar surface area (TPSA) is 99.6 Å². The normalized spacial score (nSPS) is 18.0. The second-order valence-electron chi connectivity index (χ2n) is 7.75. The standard InChI is InChI=1S/C24H24FN3O5/c1-31-22-10-8-19-23(28-22)17(18(25)12-26-19)11-20(29)21-9-7-16(14-32-21)27-24(30)33-13-15-5-3-2-4-6-15/h2-6,8,10,12,16,21H,7,9,11,13-14H2,1H3,(H,27,30)/t16-,21+/m1/s1. The molecule has 0 saturated carbocycles. The van der Waals surface area contributed by atoms with Crippen LogP contribution in [-0.4, -0.2) is 47.7 Å². The predicted octanol–water partition coefficient (Wildman–Crippen LogP) is 3.36.